The van der Waals surface area contributed by atoms with Gasteiger partial charge < -0.3 is 14.4 Å². The van der Waals surface area contributed by atoms with E-state index in [0.717, 1.165) is 49.2 Å². The molecule has 2 aliphatic carbocycles. The smallest absolute Gasteiger partial charge is 0.223 e. The van der Waals surface area contributed by atoms with Gasteiger partial charge in [0.15, 0.2) is 0 Å². The van der Waals surface area contributed by atoms with Crippen molar-refractivity contribution < 1.29 is 14.3 Å². The molecular formula is C25H31NO3. The molecule has 154 valence electrons. The molecule has 2 saturated carbocycles. The summed E-state index contributed by atoms with van der Waals surface area (Å²) in [5.41, 5.74) is 2.33. The minimum Gasteiger partial charge on any atom is -0.497 e. The van der Waals surface area contributed by atoms with Gasteiger partial charge in [0.2, 0.25) is 5.91 Å². The summed E-state index contributed by atoms with van der Waals surface area (Å²) in [6.07, 6.45) is 8.75. The first-order valence-corrected chi connectivity index (χ1v) is 10.9. The Balaban J connectivity index is 1.33. The maximum atomic E-state index is 13.0. The zero-order valence-corrected chi connectivity index (χ0v) is 17.3. The van der Waals surface area contributed by atoms with Gasteiger partial charge in [0.05, 0.1) is 13.2 Å². The van der Waals surface area contributed by atoms with Crippen molar-refractivity contribution in [1.82, 2.24) is 4.90 Å². The molecule has 29 heavy (non-hydrogen) atoms. The number of aryl methyl sites for hydroxylation is 1. The molecule has 0 spiro atoms. The third kappa shape index (κ3) is 5.53. The summed E-state index contributed by atoms with van der Waals surface area (Å²) in [7, 11) is 1.67. The van der Waals surface area contributed by atoms with Gasteiger partial charge in [-0.1, -0.05) is 24.3 Å². The van der Waals surface area contributed by atoms with Gasteiger partial charge in [0, 0.05) is 19.0 Å². The number of benzene rings is 2. The number of nitrogens with zero attached hydrogens (tertiary/aromatic N) is 1. The minimum absolute atomic E-state index is 0.241. The molecule has 0 unspecified atom stereocenters. The molecule has 0 heterocycles. The summed E-state index contributed by atoms with van der Waals surface area (Å²) in [6.45, 7) is 0.679. The van der Waals surface area contributed by atoms with Gasteiger partial charge in [-0.3, -0.25) is 4.79 Å². The second-order valence-electron chi connectivity index (χ2n) is 8.27. The van der Waals surface area contributed by atoms with Crippen LogP contribution in [0.15, 0.2) is 48.5 Å². The minimum atomic E-state index is 0.241. The van der Waals surface area contributed by atoms with E-state index in [1.807, 2.05) is 36.4 Å². The third-order valence-corrected chi connectivity index (χ3v) is 5.95. The highest BCUT2D eigenvalue weighted by molar-refractivity contribution is 5.77. The number of carbonyl (C=O) groups excluding carboxylic acids is 1. The summed E-state index contributed by atoms with van der Waals surface area (Å²) >= 11 is 0. The molecule has 0 radical (unpaired) electrons. The van der Waals surface area contributed by atoms with Gasteiger partial charge in [-0.05, 0) is 80.3 Å². The average Bonchev–Trinajstić information content (AvgIpc) is 3.47. The first-order valence-electron chi connectivity index (χ1n) is 10.9. The number of hydrogen-bond donors (Lipinski definition) is 0. The Morgan fingerprint density at radius 3 is 2.41 bits per heavy atom. The first-order chi connectivity index (χ1) is 14.2. The Morgan fingerprint density at radius 1 is 0.966 bits per heavy atom. The van der Waals surface area contributed by atoms with E-state index in [9.17, 15) is 4.79 Å². The molecule has 0 saturated heterocycles. The second-order valence-corrected chi connectivity index (χ2v) is 8.27. The zero-order valence-electron chi connectivity index (χ0n) is 17.3. The van der Waals surface area contributed by atoms with E-state index in [4.69, 9.17) is 9.47 Å². The van der Waals surface area contributed by atoms with Crippen LogP contribution in [0.2, 0.25) is 0 Å². The van der Waals surface area contributed by atoms with E-state index < -0.39 is 0 Å². The van der Waals surface area contributed by atoms with Crippen molar-refractivity contribution in [3.8, 4) is 11.5 Å². The van der Waals surface area contributed by atoms with Gasteiger partial charge in [-0.15, -0.1) is 0 Å². The molecule has 0 bridgehead atoms. The summed E-state index contributed by atoms with van der Waals surface area (Å²) < 4.78 is 11.3. The van der Waals surface area contributed by atoms with Gasteiger partial charge in [-0.2, -0.15) is 0 Å². The van der Waals surface area contributed by atoms with Gasteiger partial charge in [0.25, 0.3) is 0 Å². The third-order valence-electron chi connectivity index (χ3n) is 5.95. The van der Waals surface area contributed by atoms with E-state index >= 15 is 0 Å². The number of ether oxygens (including phenoxy) is 2. The molecule has 0 atom stereocenters. The molecule has 0 aliphatic heterocycles. The van der Waals surface area contributed by atoms with Crippen molar-refractivity contribution in [1.29, 1.82) is 0 Å². The predicted molar refractivity (Wildman–Crippen MR) is 114 cm³/mol. The van der Waals surface area contributed by atoms with E-state index in [1.54, 1.807) is 7.11 Å². The van der Waals surface area contributed by atoms with Gasteiger partial charge in [-0.25, -0.2) is 0 Å². The summed E-state index contributed by atoms with van der Waals surface area (Å²) in [6, 6.07) is 16.7. The molecule has 0 aromatic heterocycles. The fourth-order valence-corrected chi connectivity index (χ4v) is 4.10. The lowest BCUT2D eigenvalue weighted by Gasteiger charge is -2.23. The average molecular weight is 394 g/mol. The lowest BCUT2D eigenvalue weighted by atomic mass is 10.1. The van der Waals surface area contributed by atoms with Crippen LogP contribution in [0.5, 0.6) is 11.5 Å². The largest absolute Gasteiger partial charge is 0.497 e. The van der Waals surface area contributed by atoms with Crippen LogP contribution in [-0.2, 0) is 17.8 Å². The van der Waals surface area contributed by atoms with E-state index in [2.05, 4.69) is 17.0 Å². The van der Waals surface area contributed by atoms with Crippen LogP contribution in [0.25, 0.3) is 0 Å². The van der Waals surface area contributed by atoms with E-state index in [1.165, 1.54) is 18.4 Å². The van der Waals surface area contributed by atoms with Crippen molar-refractivity contribution in [2.75, 3.05) is 7.11 Å². The highest BCUT2D eigenvalue weighted by atomic mass is 16.5. The maximum absolute atomic E-state index is 13.0. The van der Waals surface area contributed by atoms with Crippen LogP contribution >= 0.6 is 0 Å². The normalized spacial score (nSPS) is 16.6. The van der Waals surface area contributed by atoms with Crippen LogP contribution in [0.1, 0.15) is 56.1 Å². The molecule has 0 N–H and O–H groups in total. The Kier molecular flexibility index (Phi) is 6.38. The second kappa shape index (κ2) is 9.34. The zero-order chi connectivity index (χ0) is 20.1. The maximum Gasteiger partial charge on any atom is 0.223 e. The van der Waals surface area contributed by atoms with Crippen molar-refractivity contribution in [3.05, 3.63) is 59.7 Å². The monoisotopic (exact) mass is 393 g/mol. The van der Waals surface area contributed by atoms with Crippen molar-refractivity contribution in [2.45, 2.75) is 70.1 Å². The number of hydrogen-bond acceptors (Lipinski definition) is 3. The lowest BCUT2D eigenvalue weighted by molar-refractivity contribution is -0.132. The SMILES string of the molecule is COc1ccc(CN(C(=O)CCc2cccc(OC3CCCC3)c2)C2CC2)cc1. The van der Waals surface area contributed by atoms with Crippen LogP contribution in [0.4, 0.5) is 0 Å². The molecule has 2 aromatic carbocycles. The Hall–Kier alpha value is -2.49. The molecule has 2 fully saturated rings. The molecule has 2 aromatic rings. The quantitative estimate of drug-likeness (QED) is 0.592. The molecular weight excluding hydrogens is 362 g/mol. The van der Waals surface area contributed by atoms with Gasteiger partial charge in [0.1, 0.15) is 11.5 Å². The summed E-state index contributed by atoms with van der Waals surface area (Å²) in [4.78, 5) is 15.0. The van der Waals surface area contributed by atoms with Crippen LogP contribution in [0.3, 0.4) is 0 Å². The lowest BCUT2D eigenvalue weighted by Crippen LogP contribution is -2.32. The Labute approximate surface area is 173 Å². The summed E-state index contributed by atoms with van der Waals surface area (Å²) in [5.74, 6) is 2.03. The molecule has 2 aliphatic rings. The van der Waals surface area contributed by atoms with Gasteiger partial charge >= 0.3 is 0 Å². The van der Waals surface area contributed by atoms with Crippen LogP contribution < -0.4 is 9.47 Å². The number of carbonyl (C=O) groups is 1. The highest BCUT2D eigenvalue weighted by Gasteiger charge is 2.32. The van der Waals surface area contributed by atoms with Crippen LogP contribution in [0, 0.1) is 0 Å². The Morgan fingerprint density at radius 2 is 1.72 bits per heavy atom. The standard InChI is InChI=1S/C25H31NO3/c1-28-22-14-9-20(10-15-22)18-26(21-12-13-21)25(27)16-11-19-5-4-8-24(17-19)29-23-6-2-3-7-23/h4-5,8-10,14-15,17,21,23H,2-3,6-7,11-13,16,18H2,1H3. The van der Waals surface area contributed by atoms with E-state index in [-0.39, 0.29) is 5.91 Å². The van der Waals surface area contributed by atoms with Crippen molar-refractivity contribution in [3.63, 3.8) is 0 Å². The van der Waals surface area contributed by atoms with Crippen molar-refractivity contribution in [2.24, 2.45) is 0 Å². The van der Waals surface area contributed by atoms with Crippen LogP contribution in [-0.4, -0.2) is 30.1 Å². The fourth-order valence-electron chi connectivity index (χ4n) is 4.10. The highest BCUT2D eigenvalue weighted by Crippen LogP contribution is 2.30. The fraction of sp³-hybridized carbons (Fsp3) is 0.480. The molecule has 4 rings (SSSR count). The van der Waals surface area contributed by atoms with Crippen molar-refractivity contribution >= 4 is 5.91 Å². The predicted octanol–water partition coefficient (Wildman–Crippen LogP) is 5.14. The topological polar surface area (TPSA) is 38.8 Å². The number of methoxy groups -OCH3 is 1. The molecule has 4 nitrogen and oxygen atoms in total. The molecule has 1 amide bonds. The first kappa shape index (κ1) is 19.8. The molecule has 4 heteroatoms. The Bertz CT molecular complexity index is 807. The van der Waals surface area contributed by atoms with E-state index in [0.29, 0.717) is 25.1 Å². The number of amides is 1. The summed E-state index contributed by atoms with van der Waals surface area (Å²) in [5, 5.41) is 0. The number of rotatable bonds is 9.